The number of ether oxygens (including phenoxy) is 1. The summed E-state index contributed by atoms with van der Waals surface area (Å²) in [7, 11) is 1.54. The van der Waals surface area contributed by atoms with Gasteiger partial charge in [-0.1, -0.05) is 36.4 Å². The van der Waals surface area contributed by atoms with Gasteiger partial charge in [-0.3, -0.25) is 9.20 Å². The summed E-state index contributed by atoms with van der Waals surface area (Å²) in [5, 5.41) is 0. The second-order valence-corrected chi connectivity index (χ2v) is 6.76. The number of halogens is 3. The fraction of sp³-hybridized carbons (Fsp3) is 0.0833. The molecule has 7 heteroatoms. The van der Waals surface area contributed by atoms with Crippen LogP contribution in [0.4, 0.5) is 13.2 Å². The van der Waals surface area contributed by atoms with E-state index in [4.69, 9.17) is 4.74 Å². The fourth-order valence-electron chi connectivity index (χ4n) is 3.32. The van der Waals surface area contributed by atoms with Gasteiger partial charge in [0.05, 0.1) is 23.9 Å². The van der Waals surface area contributed by atoms with Crippen LogP contribution < -0.4 is 10.3 Å². The topological polar surface area (TPSA) is 43.6 Å². The van der Waals surface area contributed by atoms with Crippen LogP contribution in [0.3, 0.4) is 0 Å². The number of pyridine rings is 1. The maximum atomic E-state index is 13.3. The number of aromatic nitrogens is 2. The molecule has 0 N–H and O–H groups in total. The molecule has 4 aromatic rings. The van der Waals surface area contributed by atoms with Crippen molar-refractivity contribution in [3.05, 3.63) is 100 Å². The van der Waals surface area contributed by atoms with Crippen LogP contribution in [-0.2, 0) is 6.18 Å². The first-order valence-electron chi connectivity index (χ1n) is 9.38. The summed E-state index contributed by atoms with van der Waals surface area (Å²) in [4.78, 5) is 17.8. The van der Waals surface area contributed by atoms with E-state index in [1.54, 1.807) is 43.5 Å². The molecule has 0 spiro atoms. The van der Waals surface area contributed by atoms with Gasteiger partial charge in [0.1, 0.15) is 11.4 Å². The van der Waals surface area contributed by atoms with Crippen LogP contribution in [0.5, 0.6) is 5.75 Å². The summed E-state index contributed by atoms with van der Waals surface area (Å²) < 4.78 is 46.4. The molecule has 0 saturated carbocycles. The normalized spacial score (nSPS) is 11.9. The third-order valence-electron chi connectivity index (χ3n) is 4.80. The van der Waals surface area contributed by atoms with E-state index >= 15 is 0 Å². The Balaban J connectivity index is 1.95. The number of rotatable bonds is 4. The third kappa shape index (κ3) is 4.07. The minimum Gasteiger partial charge on any atom is -0.496 e. The number of para-hydroxylation sites is 1. The van der Waals surface area contributed by atoms with Crippen LogP contribution in [0.2, 0.25) is 0 Å². The molecule has 0 bridgehead atoms. The Bertz CT molecular complexity index is 1340. The van der Waals surface area contributed by atoms with Crippen molar-refractivity contribution < 1.29 is 17.9 Å². The van der Waals surface area contributed by atoms with Crippen molar-refractivity contribution in [3.63, 3.8) is 0 Å². The minimum atomic E-state index is -4.52. The Kier molecular flexibility index (Phi) is 5.33. The molecule has 0 atom stereocenters. The summed E-state index contributed by atoms with van der Waals surface area (Å²) in [6.45, 7) is 0. The van der Waals surface area contributed by atoms with Crippen molar-refractivity contribution in [2.75, 3.05) is 7.11 Å². The van der Waals surface area contributed by atoms with Crippen LogP contribution in [0.1, 0.15) is 16.8 Å². The summed E-state index contributed by atoms with van der Waals surface area (Å²) in [5.41, 5.74) is 0.345. The van der Waals surface area contributed by atoms with Crippen molar-refractivity contribution in [2.45, 2.75) is 6.18 Å². The van der Waals surface area contributed by atoms with Crippen molar-refractivity contribution in [3.8, 4) is 16.9 Å². The van der Waals surface area contributed by atoms with Gasteiger partial charge in [-0.25, -0.2) is 4.98 Å². The zero-order valence-electron chi connectivity index (χ0n) is 16.4. The molecular formula is C24H17F3N2O2. The van der Waals surface area contributed by atoms with Crippen molar-refractivity contribution in [1.29, 1.82) is 0 Å². The Morgan fingerprint density at radius 1 is 0.968 bits per heavy atom. The van der Waals surface area contributed by atoms with Crippen molar-refractivity contribution >= 4 is 17.8 Å². The lowest BCUT2D eigenvalue weighted by atomic mass is 10.0. The summed E-state index contributed by atoms with van der Waals surface area (Å²) in [5.74, 6) is 0.622. The average Bonchev–Trinajstić information content (AvgIpc) is 2.77. The largest absolute Gasteiger partial charge is 0.496 e. The van der Waals surface area contributed by atoms with E-state index in [0.29, 0.717) is 11.4 Å². The van der Waals surface area contributed by atoms with Gasteiger partial charge in [-0.2, -0.15) is 13.2 Å². The molecule has 0 aliphatic rings. The first-order chi connectivity index (χ1) is 14.9. The number of benzene rings is 2. The Hall–Kier alpha value is -3.87. The van der Waals surface area contributed by atoms with Crippen LogP contribution in [-0.4, -0.2) is 16.5 Å². The monoisotopic (exact) mass is 422 g/mol. The maximum absolute atomic E-state index is 13.3. The molecule has 0 unspecified atom stereocenters. The molecule has 2 aromatic heterocycles. The van der Waals surface area contributed by atoms with Crippen LogP contribution >= 0.6 is 0 Å². The SMILES string of the molecule is COc1ccccc1C=Cc1nc2ccccn2c(=O)c1-c1cccc(C(F)(F)F)c1. The van der Waals surface area contributed by atoms with Crippen LogP contribution in [0.25, 0.3) is 28.9 Å². The summed E-state index contributed by atoms with van der Waals surface area (Å²) in [6, 6.07) is 17.0. The van der Waals surface area contributed by atoms with Gasteiger partial charge in [-0.15, -0.1) is 0 Å². The number of alkyl halides is 3. The van der Waals surface area contributed by atoms with E-state index in [2.05, 4.69) is 4.98 Å². The average molecular weight is 422 g/mol. The van der Waals surface area contributed by atoms with E-state index in [1.807, 2.05) is 18.2 Å². The highest BCUT2D eigenvalue weighted by Crippen LogP contribution is 2.32. The van der Waals surface area contributed by atoms with E-state index in [9.17, 15) is 18.0 Å². The summed E-state index contributed by atoms with van der Waals surface area (Å²) in [6.07, 6.45) is 0.346. The van der Waals surface area contributed by atoms with Gasteiger partial charge < -0.3 is 4.74 Å². The molecule has 31 heavy (non-hydrogen) atoms. The zero-order valence-corrected chi connectivity index (χ0v) is 16.4. The van der Waals surface area contributed by atoms with Gasteiger partial charge >= 0.3 is 6.18 Å². The molecule has 0 fully saturated rings. The number of hydrogen-bond donors (Lipinski definition) is 0. The van der Waals surface area contributed by atoms with E-state index < -0.39 is 17.3 Å². The number of fused-ring (bicyclic) bond motifs is 1. The van der Waals surface area contributed by atoms with E-state index in [0.717, 1.165) is 17.7 Å². The Morgan fingerprint density at radius 3 is 2.52 bits per heavy atom. The Morgan fingerprint density at radius 2 is 1.74 bits per heavy atom. The number of methoxy groups -OCH3 is 1. The lowest BCUT2D eigenvalue weighted by molar-refractivity contribution is -0.137. The minimum absolute atomic E-state index is 0.0842. The van der Waals surface area contributed by atoms with Gasteiger partial charge in [-0.05, 0) is 48.0 Å². The Labute approximate surface area is 175 Å². The zero-order chi connectivity index (χ0) is 22.0. The second kappa shape index (κ2) is 8.10. The molecule has 0 radical (unpaired) electrons. The predicted octanol–water partition coefficient (Wildman–Crippen LogP) is 5.56. The van der Waals surface area contributed by atoms with E-state index in [-0.39, 0.29) is 16.8 Å². The summed E-state index contributed by atoms with van der Waals surface area (Å²) >= 11 is 0. The molecule has 0 amide bonds. The molecule has 2 aromatic carbocycles. The van der Waals surface area contributed by atoms with Crippen LogP contribution in [0, 0.1) is 0 Å². The smallest absolute Gasteiger partial charge is 0.416 e. The van der Waals surface area contributed by atoms with Crippen molar-refractivity contribution in [2.24, 2.45) is 0 Å². The highest BCUT2D eigenvalue weighted by molar-refractivity contribution is 5.80. The molecule has 4 nitrogen and oxygen atoms in total. The standard InChI is InChI=1S/C24H17F3N2O2/c1-31-20-10-3-2-7-16(20)12-13-19-22(17-8-6-9-18(15-17)24(25,26)27)23(30)29-14-5-4-11-21(29)28-19/h2-15H,1H3. The van der Waals surface area contributed by atoms with Gasteiger partial charge in [0.15, 0.2) is 0 Å². The lowest BCUT2D eigenvalue weighted by Gasteiger charge is -2.12. The van der Waals surface area contributed by atoms with Gasteiger partial charge in [0.25, 0.3) is 5.56 Å². The molecule has 156 valence electrons. The lowest BCUT2D eigenvalue weighted by Crippen LogP contribution is -2.19. The molecular weight excluding hydrogens is 405 g/mol. The fourth-order valence-corrected chi connectivity index (χ4v) is 3.32. The van der Waals surface area contributed by atoms with Crippen LogP contribution in [0.15, 0.2) is 77.7 Å². The highest BCUT2D eigenvalue weighted by atomic mass is 19.4. The number of nitrogens with zero attached hydrogens (tertiary/aromatic N) is 2. The molecule has 2 heterocycles. The third-order valence-corrected chi connectivity index (χ3v) is 4.80. The number of hydrogen-bond acceptors (Lipinski definition) is 3. The maximum Gasteiger partial charge on any atom is 0.416 e. The van der Waals surface area contributed by atoms with E-state index in [1.165, 1.54) is 22.7 Å². The molecule has 0 saturated heterocycles. The van der Waals surface area contributed by atoms with Gasteiger partial charge in [0.2, 0.25) is 0 Å². The molecule has 0 aliphatic carbocycles. The predicted molar refractivity (Wildman–Crippen MR) is 114 cm³/mol. The van der Waals surface area contributed by atoms with Gasteiger partial charge in [0, 0.05) is 11.8 Å². The van der Waals surface area contributed by atoms with Crippen molar-refractivity contribution in [1.82, 2.24) is 9.38 Å². The first kappa shape index (κ1) is 20.4. The molecule has 0 aliphatic heterocycles. The first-order valence-corrected chi connectivity index (χ1v) is 9.38. The quantitative estimate of drug-likeness (QED) is 0.433. The second-order valence-electron chi connectivity index (χ2n) is 6.76. The highest BCUT2D eigenvalue weighted by Gasteiger charge is 2.31. The molecule has 4 rings (SSSR count).